The van der Waals surface area contributed by atoms with Gasteiger partial charge < -0.3 is 17.6 Å². The zero-order valence-corrected chi connectivity index (χ0v) is 25.9. The minimum absolute atomic E-state index is 0.399. The average Bonchev–Trinajstić information content (AvgIpc) is 3.54. The molecule has 0 saturated carbocycles. The Balaban J connectivity index is 1.61. The summed E-state index contributed by atoms with van der Waals surface area (Å²) in [6.45, 7) is 5.62. The van der Waals surface area contributed by atoms with Crippen LogP contribution in [0.2, 0.25) is 0 Å². The van der Waals surface area contributed by atoms with Crippen molar-refractivity contribution in [1.82, 2.24) is 4.48 Å². The largest absolute Gasteiger partial charge is 0.737 e. The summed E-state index contributed by atoms with van der Waals surface area (Å²) < 4.78 is 36.8. The first-order valence-corrected chi connectivity index (χ1v) is 14.8. The maximum Gasteiger partial charge on any atom is 0.737 e. The fourth-order valence-corrected chi connectivity index (χ4v) is 6.66. The summed E-state index contributed by atoms with van der Waals surface area (Å²) in [5.41, 5.74) is 11.0. The molecule has 0 N–H and O–H groups in total. The maximum absolute atomic E-state index is 17.2. The Kier molecular flexibility index (Phi) is 7.35. The first kappa shape index (κ1) is 29.5. The molecule has 4 nitrogen and oxygen atoms in total. The lowest BCUT2D eigenvalue weighted by Crippen LogP contribution is -2.51. The highest BCUT2D eigenvalue weighted by Crippen LogP contribution is 2.46. The number of halogens is 2. The van der Waals surface area contributed by atoms with Crippen molar-refractivity contribution < 1.29 is 13.1 Å². The molecule has 7 heteroatoms. The van der Waals surface area contributed by atoms with E-state index in [1.807, 2.05) is 46.8 Å². The van der Waals surface area contributed by atoms with Gasteiger partial charge in [-0.2, -0.15) is 10.5 Å². The highest BCUT2D eigenvalue weighted by atomic mass is 19.2. The molecule has 1 aromatic heterocycles. The number of rotatable bonds is 5. The predicted octanol–water partition coefficient (Wildman–Crippen LogP) is 8.76. The van der Waals surface area contributed by atoms with E-state index in [4.69, 9.17) is 10.5 Å². The quantitative estimate of drug-likeness (QED) is 0.218. The van der Waals surface area contributed by atoms with Crippen molar-refractivity contribution in [3.8, 4) is 12.1 Å². The van der Waals surface area contributed by atoms with E-state index in [-0.39, 0.29) is 0 Å². The van der Waals surface area contributed by atoms with E-state index in [0.29, 0.717) is 33.9 Å². The number of nitriles is 2. The lowest BCUT2D eigenvalue weighted by atomic mass is 9.81. The molecule has 2 aliphatic heterocycles. The summed E-state index contributed by atoms with van der Waals surface area (Å²) >= 11 is 0. The molecule has 0 amide bonds. The molecule has 3 heterocycles. The third-order valence-electron chi connectivity index (χ3n) is 8.51. The molecule has 4 aromatic rings. The number of aryl methyl sites for hydroxylation is 4. The Bertz CT molecular complexity index is 2100. The Labute approximate surface area is 262 Å². The molecular weight excluding hydrogens is 561 g/mol. The van der Waals surface area contributed by atoms with Crippen LogP contribution >= 0.6 is 0 Å². The van der Waals surface area contributed by atoms with Crippen molar-refractivity contribution >= 4 is 36.5 Å². The summed E-state index contributed by atoms with van der Waals surface area (Å²) in [4.78, 5) is 0. The molecule has 0 bridgehead atoms. The van der Waals surface area contributed by atoms with Crippen LogP contribution in [0.4, 0.5) is 8.63 Å². The summed E-state index contributed by atoms with van der Waals surface area (Å²) in [7, 11) is 0. The van der Waals surface area contributed by atoms with E-state index in [1.54, 1.807) is 72.8 Å². The molecule has 6 rings (SSSR count). The standard InChI is InChI=1S/C38H31BF2N4/c1-24-18-25(2)35(26(3)19-24)36-37-27(4)20-33(16-14-29-6-10-31(22-42)11-7-29)44(37)39(40,41)45-34(21-28(5)38(36)45)17-15-30-8-12-32(23-43)13-9-30/h6-21H,1-5H3/b16-14+,17-15+. The van der Waals surface area contributed by atoms with Crippen LogP contribution in [-0.2, 0) is 0 Å². The fourth-order valence-electron chi connectivity index (χ4n) is 6.66. The minimum Gasteiger partial charge on any atom is -0.390 e. The zero-order valence-electron chi connectivity index (χ0n) is 25.9. The van der Waals surface area contributed by atoms with Gasteiger partial charge in [0.25, 0.3) is 0 Å². The van der Waals surface area contributed by atoms with Crippen molar-refractivity contribution in [2.75, 3.05) is 0 Å². The van der Waals surface area contributed by atoms with E-state index in [0.717, 1.165) is 50.1 Å². The molecule has 2 aliphatic rings. The number of nitrogens with zero attached hydrogens (tertiary/aromatic N) is 4. The van der Waals surface area contributed by atoms with Crippen LogP contribution < -0.4 is 0 Å². The molecule has 0 unspecified atom stereocenters. The van der Waals surface area contributed by atoms with Gasteiger partial charge in [0.15, 0.2) is 11.4 Å². The molecule has 0 saturated heterocycles. The molecule has 220 valence electrons. The van der Waals surface area contributed by atoms with Gasteiger partial charge in [-0.1, -0.05) is 48.0 Å². The van der Waals surface area contributed by atoms with Gasteiger partial charge in [0.2, 0.25) is 0 Å². The van der Waals surface area contributed by atoms with Crippen molar-refractivity contribution in [2.24, 2.45) is 0 Å². The van der Waals surface area contributed by atoms with Crippen molar-refractivity contribution in [3.05, 3.63) is 152 Å². The molecule has 3 aromatic carbocycles. The smallest absolute Gasteiger partial charge is 0.390 e. The highest BCUT2D eigenvalue weighted by molar-refractivity contribution is 6.58. The monoisotopic (exact) mass is 592 g/mol. The number of fused-ring (bicyclic) bond motifs is 2. The van der Waals surface area contributed by atoms with Gasteiger partial charge in [-0.25, -0.2) is 0 Å². The van der Waals surface area contributed by atoms with Crippen LogP contribution in [0.1, 0.15) is 68.4 Å². The van der Waals surface area contributed by atoms with E-state index in [9.17, 15) is 0 Å². The fraction of sp³-hybridized carbons (Fsp3) is 0.132. The summed E-state index contributed by atoms with van der Waals surface area (Å²) in [5.74, 6) is 0. The number of hydrogen-bond acceptors (Lipinski definition) is 2. The topological polar surface area (TPSA) is 55.5 Å². The zero-order chi connectivity index (χ0) is 32.0. The second-order valence-corrected chi connectivity index (χ2v) is 11.8. The number of benzene rings is 3. The van der Waals surface area contributed by atoms with Crippen LogP contribution in [0.15, 0.2) is 90.2 Å². The molecule has 0 aliphatic carbocycles. The molecule has 0 spiro atoms. The average molecular weight is 593 g/mol. The van der Waals surface area contributed by atoms with Gasteiger partial charge in [0.05, 0.1) is 28.8 Å². The van der Waals surface area contributed by atoms with Crippen LogP contribution in [-0.4, -0.2) is 21.6 Å². The SMILES string of the molecule is CC1=CC(/C=C/c2ccc(C#N)cc2)=[N+]2C1=C(c1c(C)cc(C)cc1C)c1c(C)cc(/C=C/c3ccc(C#N)cc3)n1[B-]2(F)F. The van der Waals surface area contributed by atoms with E-state index in [2.05, 4.69) is 24.3 Å². The minimum atomic E-state index is -4.31. The molecule has 0 fully saturated rings. The normalized spacial score (nSPS) is 15.4. The highest BCUT2D eigenvalue weighted by Gasteiger charge is 2.55. The summed E-state index contributed by atoms with van der Waals surface area (Å²) in [5, 5.41) is 18.3. The van der Waals surface area contributed by atoms with Crippen molar-refractivity contribution in [2.45, 2.75) is 34.6 Å². The van der Waals surface area contributed by atoms with Gasteiger partial charge in [-0.05, 0) is 110 Å². The lowest BCUT2D eigenvalue weighted by Gasteiger charge is -2.34. The number of aromatic nitrogens is 1. The predicted molar refractivity (Wildman–Crippen MR) is 179 cm³/mol. The Morgan fingerprint density at radius 3 is 1.78 bits per heavy atom. The first-order chi connectivity index (χ1) is 21.5. The van der Waals surface area contributed by atoms with E-state index < -0.39 is 6.97 Å². The molecule has 0 radical (unpaired) electrons. The van der Waals surface area contributed by atoms with Crippen LogP contribution in [0, 0.1) is 50.4 Å². The lowest BCUT2D eigenvalue weighted by molar-refractivity contribution is -0.362. The molecule has 0 atom stereocenters. The second kappa shape index (κ2) is 11.2. The molecular formula is C38H31BF2N4. The summed E-state index contributed by atoms with van der Waals surface area (Å²) in [6.07, 6.45) is 8.90. The van der Waals surface area contributed by atoms with Gasteiger partial charge >= 0.3 is 6.97 Å². The summed E-state index contributed by atoms with van der Waals surface area (Å²) in [6, 6.07) is 24.4. The van der Waals surface area contributed by atoms with Crippen LogP contribution in [0.25, 0.3) is 23.8 Å². The Morgan fingerprint density at radius 2 is 1.24 bits per heavy atom. The van der Waals surface area contributed by atoms with Gasteiger partial charge in [-0.3, -0.25) is 0 Å². The van der Waals surface area contributed by atoms with Gasteiger partial charge in [0, 0.05) is 29.1 Å². The van der Waals surface area contributed by atoms with Gasteiger partial charge in [-0.15, -0.1) is 0 Å². The third kappa shape index (κ3) is 5.07. The van der Waals surface area contributed by atoms with Crippen LogP contribution in [0.3, 0.4) is 0 Å². The van der Waals surface area contributed by atoms with Crippen molar-refractivity contribution in [1.29, 1.82) is 10.5 Å². The van der Waals surface area contributed by atoms with E-state index >= 15 is 8.63 Å². The molecule has 45 heavy (non-hydrogen) atoms. The number of allylic oxidation sites excluding steroid dienone is 3. The maximum atomic E-state index is 17.2. The third-order valence-corrected chi connectivity index (χ3v) is 8.51. The van der Waals surface area contributed by atoms with E-state index in [1.165, 1.54) is 8.96 Å². The number of hydrogen-bond donors (Lipinski definition) is 0. The van der Waals surface area contributed by atoms with Crippen molar-refractivity contribution in [3.63, 3.8) is 0 Å². The Hall–Kier alpha value is -5.53. The first-order valence-electron chi connectivity index (χ1n) is 14.8. The van der Waals surface area contributed by atoms with Gasteiger partial charge in [0.1, 0.15) is 0 Å². The second-order valence-electron chi connectivity index (χ2n) is 11.8. The Morgan fingerprint density at radius 1 is 0.711 bits per heavy atom. The van der Waals surface area contributed by atoms with Crippen LogP contribution in [0.5, 0.6) is 0 Å².